The molecule has 0 saturated carbocycles. The van der Waals surface area contributed by atoms with Crippen molar-refractivity contribution in [1.29, 1.82) is 0 Å². The van der Waals surface area contributed by atoms with Crippen LogP contribution in [0.25, 0.3) is 0 Å². The molecule has 2 rings (SSSR count). The Kier molecular flexibility index (Phi) is 5.09. The van der Waals surface area contributed by atoms with Crippen molar-refractivity contribution in [3.05, 3.63) is 56.5 Å². The van der Waals surface area contributed by atoms with E-state index in [0.717, 1.165) is 27.5 Å². The van der Waals surface area contributed by atoms with Crippen molar-refractivity contribution in [2.75, 3.05) is 0 Å². The average Bonchev–Trinajstić information content (AvgIpc) is 2.78. The summed E-state index contributed by atoms with van der Waals surface area (Å²) in [5, 5.41) is 4.27. The van der Waals surface area contributed by atoms with Crippen LogP contribution in [0.15, 0.2) is 40.8 Å². The summed E-state index contributed by atoms with van der Waals surface area (Å²) in [6.45, 7) is 2.91. The van der Waals surface area contributed by atoms with Crippen molar-refractivity contribution < 1.29 is 4.42 Å². The van der Waals surface area contributed by atoms with Crippen LogP contribution < -0.4 is 5.32 Å². The van der Waals surface area contributed by atoms with Gasteiger partial charge in [0.2, 0.25) is 0 Å². The maximum Gasteiger partial charge on any atom is 0.164 e. The molecule has 0 bridgehead atoms. The molecular formula is C14H15ClINO. The fourth-order valence-electron chi connectivity index (χ4n) is 1.86. The first-order valence-electron chi connectivity index (χ1n) is 5.92. The summed E-state index contributed by atoms with van der Waals surface area (Å²) < 4.78 is 6.46. The van der Waals surface area contributed by atoms with E-state index in [-0.39, 0.29) is 0 Å². The largest absolute Gasteiger partial charge is 0.454 e. The number of benzene rings is 1. The molecule has 1 heterocycles. The Morgan fingerprint density at radius 3 is 2.50 bits per heavy atom. The fraction of sp³-hybridized carbons (Fsp3) is 0.286. The first-order chi connectivity index (χ1) is 8.69. The molecule has 0 fully saturated rings. The Morgan fingerprint density at radius 1 is 1.22 bits per heavy atom. The van der Waals surface area contributed by atoms with E-state index in [0.29, 0.717) is 6.04 Å². The van der Waals surface area contributed by atoms with Crippen LogP contribution in [0.2, 0.25) is 5.02 Å². The van der Waals surface area contributed by atoms with Crippen LogP contribution >= 0.6 is 34.2 Å². The summed E-state index contributed by atoms with van der Waals surface area (Å²) in [4.78, 5) is 0. The molecule has 1 atom stereocenters. The third kappa shape index (κ3) is 3.73. The predicted octanol–water partition coefficient (Wildman–Crippen LogP) is 4.78. The number of rotatable bonds is 5. The minimum atomic E-state index is 0.324. The molecule has 1 unspecified atom stereocenters. The SMILES string of the molecule is CCC(NCc1ccc(I)o1)c1ccc(Cl)cc1. The van der Waals surface area contributed by atoms with E-state index in [1.807, 2.05) is 24.3 Å². The number of furan rings is 1. The molecule has 96 valence electrons. The lowest BCUT2D eigenvalue weighted by Gasteiger charge is -2.16. The summed E-state index contributed by atoms with van der Waals surface area (Å²) in [5.41, 5.74) is 1.25. The van der Waals surface area contributed by atoms with Gasteiger partial charge in [0.15, 0.2) is 3.77 Å². The second-order valence-corrected chi connectivity index (χ2v) is 5.60. The highest BCUT2D eigenvalue weighted by molar-refractivity contribution is 14.1. The van der Waals surface area contributed by atoms with Gasteiger partial charge in [-0.1, -0.05) is 30.7 Å². The molecule has 0 amide bonds. The second kappa shape index (κ2) is 6.59. The molecule has 2 nitrogen and oxygen atoms in total. The van der Waals surface area contributed by atoms with E-state index < -0.39 is 0 Å². The standard InChI is InChI=1S/C14H15ClINO/c1-2-13(10-3-5-11(15)6-4-10)17-9-12-7-8-14(16)18-12/h3-8,13,17H,2,9H2,1H3. The normalized spacial score (nSPS) is 12.6. The Morgan fingerprint density at radius 2 is 1.94 bits per heavy atom. The second-order valence-electron chi connectivity index (χ2n) is 4.10. The first-order valence-corrected chi connectivity index (χ1v) is 7.37. The summed E-state index contributed by atoms with van der Waals surface area (Å²) in [7, 11) is 0. The van der Waals surface area contributed by atoms with Gasteiger partial charge in [-0.15, -0.1) is 0 Å². The Labute approximate surface area is 126 Å². The van der Waals surface area contributed by atoms with Crippen LogP contribution in [-0.4, -0.2) is 0 Å². The Hall–Kier alpha value is -0.520. The molecule has 18 heavy (non-hydrogen) atoms. The summed E-state index contributed by atoms with van der Waals surface area (Å²) in [6.07, 6.45) is 1.03. The van der Waals surface area contributed by atoms with Gasteiger partial charge in [0.1, 0.15) is 5.76 Å². The molecule has 4 heteroatoms. The molecular weight excluding hydrogens is 361 g/mol. The van der Waals surface area contributed by atoms with Crippen LogP contribution in [0.4, 0.5) is 0 Å². The molecule has 1 aromatic heterocycles. The minimum Gasteiger partial charge on any atom is -0.454 e. The summed E-state index contributed by atoms with van der Waals surface area (Å²) >= 11 is 8.07. The Bertz CT molecular complexity index is 495. The van der Waals surface area contributed by atoms with E-state index in [1.165, 1.54) is 5.56 Å². The van der Waals surface area contributed by atoms with E-state index >= 15 is 0 Å². The third-order valence-electron chi connectivity index (χ3n) is 2.83. The number of hydrogen-bond acceptors (Lipinski definition) is 2. The lowest BCUT2D eigenvalue weighted by molar-refractivity contribution is 0.431. The van der Waals surface area contributed by atoms with Gasteiger partial charge in [0.25, 0.3) is 0 Å². The molecule has 1 N–H and O–H groups in total. The van der Waals surface area contributed by atoms with Gasteiger partial charge in [0, 0.05) is 11.1 Å². The van der Waals surface area contributed by atoms with Gasteiger partial charge in [-0.2, -0.15) is 0 Å². The van der Waals surface area contributed by atoms with Crippen molar-refractivity contribution in [1.82, 2.24) is 5.32 Å². The lowest BCUT2D eigenvalue weighted by Crippen LogP contribution is -2.19. The average molecular weight is 376 g/mol. The molecule has 0 radical (unpaired) electrons. The maximum atomic E-state index is 5.90. The van der Waals surface area contributed by atoms with Gasteiger partial charge < -0.3 is 9.73 Å². The third-order valence-corrected chi connectivity index (χ3v) is 3.66. The van der Waals surface area contributed by atoms with Gasteiger partial charge >= 0.3 is 0 Å². The molecule has 1 aromatic carbocycles. The molecule has 0 aliphatic heterocycles. The van der Waals surface area contributed by atoms with Crippen LogP contribution in [0.3, 0.4) is 0 Å². The van der Waals surface area contributed by atoms with Crippen molar-refractivity contribution in [3.8, 4) is 0 Å². The quantitative estimate of drug-likeness (QED) is 0.761. The number of hydrogen-bond donors (Lipinski definition) is 1. The van der Waals surface area contributed by atoms with Gasteiger partial charge in [-0.05, 0) is 58.8 Å². The number of nitrogens with one attached hydrogen (secondary N) is 1. The van der Waals surface area contributed by atoms with Gasteiger partial charge in [-0.25, -0.2) is 0 Å². The van der Waals surface area contributed by atoms with E-state index in [9.17, 15) is 0 Å². The molecule has 0 aliphatic carbocycles. The molecule has 2 aromatic rings. The highest BCUT2D eigenvalue weighted by Crippen LogP contribution is 2.20. The molecule has 0 spiro atoms. The van der Waals surface area contributed by atoms with E-state index in [2.05, 4.69) is 47.0 Å². The Balaban J connectivity index is 1.99. The number of halogens is 2. The van der Waals surface area contributed by atoms with Crippen molar-refractivity contribution >= 4 is 34.2 Å². The van der Waals surface area contributed by atoms with Crippen LogP contribution in [0, 0.1) is 3.77 Å². The predicted molar refractivity (Wildman–Crippen MR) is 82.7 cm³/mol. The zero-order valence-corrected chi connectivity index (χ0v) is 13.0. The zero-order chi connectivity index (χ0) is 13.0. The van der Waals surface area contributed by atoms with Crippen molar-refractivity contribution in [2.24, 2.45) is 0 Å². The first kappa shape index (κ1) is 13.9. The fourth-order valence-corrected chi connectivity index (χ4v) is 2.45. The van der Waals surface area contributed by atoms with Crippen molar-refractivity contribution in [2.45, 2.75) is 25.9 Å². The van der Waals surface area contributed by atoms with Gasteiger partial charge in [0.05, 0.1) is 6.54 Å². The smallest absolute Gasteiger partial charge is 0.164 e. The maximum absolute atomic E-state index is 5.90. The lowest BCUT2D eigenvalue weighted by atomic mass is 10.0. The molecule has 0 aliphatic rings. The van der Waals surface area contributed by atoms with Crippen LogP contribution in [0.1, 0.15) is 30.7 Å². The zero-order valence-electron chi connectivity index (χ0n) is 10.1. The highest BCUT2D eigenvalue weighted by Gasteiger charge is 2.09. The van der Waals surface area contributed by atoms with Crippen LogP contribution in [-0.2, 0) is 6.54 Å². The van der Waals surface area contributed by atoms with Gasteiger partial charge in [-0.3, -0.25) is 0 Å². The topological polar surface area (TPSA) is 25.2 Å². The highest BCUT2D eigenvalue weighted by atomic mass is 127. The summed E-state index contributed by atoms with van der Waals surface area (Å²) in [6, 6.07) is 12.3. The van der Waals surface area contributed by atoms with E-state index in [4.69, 9.17) is 16.0 Å². The van der Waals surface area contributed by atoms with E-state index in [1.54, 1.807) is 0 Å². The monoisotopic (exact) mass is 375 g/mol. The van der Waals surface area contributed by atoms with Crippen molar-refractivity contribution in [3.63, 3.8) is 0 Å². The molecule has 0 saturated heterocycles. The summed E-state index contributed by atoms with van der Waals surface area (Å²) in [5.74, 6) is 0.965. The minimum absolute atomic E-state index is 0.324. The van der Waals surface area contributed by atoms with Crippen LogP contribution in [0.5, 0.6) is 0 Å².